The van der Waals surface area contributed by atoms with Crippen molar-refractivity contribution in [1.29, 1.82) is 0 Å². The number of hydrogen-bond acceptors (Lipinski definition) is 3. The Balaban J connectivity index is 1.73. The van der Waals surface area contributed by atoms with Crippen LogP contribution in [-0.2, 0) is 11.3 Å². The zero-order valence-corrected chi connectivity index (χ0v) is 16.7. The lowest BCUT2D eigenvalue weighted by molar-refractivity contribution is -0.918. The van der Waals surface area contributed by atoms with Gasteiger partial charge in [-0.2, -0.15) is 0 Å². The van der Waals surface area contributed by atoms with Crippen LogP contribution in [0.1, 0.15) is 29.3 Å². The van der Waals surface area contributed by atoms with Gasteiger partial charge in [0.1, 0.15) is 6.54 Å². The van der Waals surface area contributed by atoms with Crippen LogP contribution in [-0.4, -0.2) is 56.7 Å². The highest BCUT2D eigenvalue weighted by Crippen LogP contribution is 2.23. The molecule has 0 aromatic heterocycles. The number of carbonyl (C=O) groups excluding carboxylic acids is 1. The maximum absolute atomic E-state index is 13.3. The second kappa shape index (κ2) is 8.68. The van der Waals surface area contributed by atoms with Crippen LogP contribution < -0.4 is 4.90 Å². The van der Waals surface area contributed by atoms with Crippen molar-refractivity contribution < 1.29 is 14.0 Å². The van der Waals surface area contributed by atoms with Crippen LogP contribution in [0.15, 0.2) is 54.6 Å². The van der Waals surface area contributed by atoms with Crippen molar-refractivity contribution >= 4 is 11.5 Å². The van der Waals surface area contributed by atoms with Gasteiger partial charge in [0.15, 0.2) is 6.04 Å². The number of likely N-dealkylation sites (N-methyl/N-ethyl adjacent to an activating group) is 1. The summed E-state index contributed by atoms with van der Waals surface area (Å²) >= 11 is 0. The van der Waals surface area contributed by atoms with Crippen LogP contribution in [0.2, 0.25) is 0 Å². The van der Waals surface area contributed by atoms with Crippen LogP contribution in [0.4, 0.5) is 5.69 Å². The maximum Gasteiger partial charge on any atom is 0.219 e. The first kappa shape index (κ1) is 19.6. The zero-order valence-electron chi connectivity index (χ0n) is 16.7. The fourth-order valence-electron chi connectivity index (χ4n) is 4.01. The van der Waals surface area contributed by atoms with Crippen LogP contribution >= 0.6 is 0 Å². The summed E-state index contributed by atoms with van der Waals surface area (Å²) in [5.74, 6) is 0.229. The molecule has 0 spiro atoms. The topological polar surface area (TPSA) is 29.5 Å². The van der Waals surface area contributed by atoms with Crippen molar-refractivity contribution in [3.05, 3.63) is 65.7 Å². The van der Waals surface area contributed by atoms with Gasteiger partial charge in [-0.15, -0.1) is 0 Å². The summed E-state index contributed by atoms with van der Waals surface area (Å²) in [5.41, 5.74) is 3.23. The van der Waals surface area contributed by atoms with Crippen LogP contribution in [0.5, 0.6) is 0 Å². The predicted molar refractivity (Wildman–Crippen MR) is 110 cm³/mol. The SMILES string of the molecule is CCC(C(=O)c1ccc(N2CCOCC2)cc1)[N+](C)(C)Cc1ccccc1. The normalized spacial score (nSPS) is 16.2. The van der Waals surface area contributed by atoms with Crippen molar-refractivity contribution in [2.45, 2.75) is 25.9 Å². The molecule has 1 atom stereocenters. The summed E-state index contributed by atoms with van der Waals surface area (Å²) < 4.78 is 6.07. The van der Waals surface area contributed by atoms with Gasteiger partial charge >= 0.3 is 0 Å². The van der Waals surface area contributed by atoms with E-state index in [2.05, 4.69) is 62.3 Å². The number of ketones is 1. The van der Waals surface area contributed by atoms with E-state index in [4.69, 9.17) is 4.74 Å². The Morgan fingerprint density at radius 3 is 2.26 bits per heavy atom. The predicted octanol–water partition coefficient (Wildman–Crippen LogP) is 3.76. The highest BCUT2D eigenvalue weighted by Gasteiger charge is 2.34. The quantitative estimate of drug-likeness (QED) is 0.551. The minimum Gasteiger partial charge on any atom is -0.378 e. The Morgan fingerprint density at radius 1 is 1.04 bits per heavy atom. The number of quaternary nitrogens is 1. The molecule has 0 saturated carbocycles. The lowest BCUT2D eigenvalue weighted by Gasteiger charge is -2.37. The van der Waals surface area contributed by atoms with Gasteiger partial charge in [0, 0.05) is 36.3 Å². The first-order valence-electron chi connectivity index (χ1n) is 9.85. The van der Waals surface area contributed by atoms with Crippen molar-refractivity contribution in [2.75, 3.05) is 45.3 Å². The Kier molecular flexibility index (Phi) is 6.30. The molecule has 1 unspecified atom stereocenters. The highest BCUT2D eigenvalue weighted by molar-refractivity contribution is 5.99. The van der Waals surface area contributed by atoms with Gasteiger partial charge in [0.05, 0.1) is 27.3 Å². The molecule has 1 heterocycles. The van der Waals surface area contributed by atoms with E-state index in [1.54, 1.807) is 0 Å². The Morgan fingerprint density at radius 2 is 1.67 bits per heavy atom. The van der Waals surface area contributed by atoms with E-state index in [0.29, 0.717) is 4.48 Å². The molecule has 0 bridgehead atoms. The number of hydrogen-bond donors (Lipinski definition) is 0. The van der Waals surface area contributed by atoms with Gasteiger partial charge in [0.25, 0.3) is 0 Å². The molecule has 4 nitrogen and oxygen atoms in total. The van der Waals surface area contributed by atoms with E-state index in [-0.39, 0.29) is 11.8 Å². The average Bonchev–Trinajstić information content (AvgIpc) is 2.69. The van der Waals surface area contributed by atoms with Crippen molar-refractivity contribution in [3.8, 4) is 0 Å². The number of ether oxygens (including phenoxy) is 1. The molecule has 2 aromatic rings. The van der Waals surface area contributed by atoms with Gasteiger partial charge in [-0.25, -0.2) is 0 Å². The molecule has 0 N–H and O–H groups in total. The monoisotopic (exact) mass is 367 g/mol. The molecule has 0 amide bonds. The molecule has 144 valence electrons. The first-order valence-corrected chi connectivity index (χ1v) is 9.85. The van der Waals surface area contributed by atoms with Crippen LogP contribution in [0.25, 0.3) is 0 Å². The van der Waals surface area contributed by atoms with Crippen molar-refractivity contribution in [2.24, 2.45) is 0 Å². The van der Waals surface area contributed by atoms with Gasteiger partial charge in [0.2, 0.25) is 5.78 Å². The number of anilines is 1. The summed E-state index contributed by atoms with van der Waals surface area (Å²) in [5, 5.41) is 0. The highest BCUT2D eigenvalue weighted by atomic mass is 16.5. The van der Waals surface area contributed by atoms with E-state index < -0.39 is 0 Å². The van der Waals surface area contributed by atoms with Crippen LogP contribution in [0, 0.1) is 0 Å². The third kappa shape index (κ3) is 4.76. The Hall–Kier alpha value is -2.17. The number of benzene rings is 2. The van der Waals surface area contributed by atoms with Gasteiger partial charge < -0.3 is 14.1 Å². The molecule has 1 aliphatic rings. The molecule has 2 aromatic carbocycles. The van der Waals surface area contributed by atoms with Gasteiger partial charge in [-0.1, -0.05) is 37.3 Å². The number of Topliss-reactive ketones (excluding diaryl/α,β-unsaturated/α-hetero) is 1. The van der Waals surface area contributed by atoms with E-state index in [1.165, 1.54) is 11.3 Å². The molecule has 1 fully saturated rings. The summed E-state index contributed by atoms with van der Waals surface area (Å²) in [6, 6.07) is 18.5. The largest absolute Gasteiger partial charge is 0.378 e. The number of morpholine rings is 1. The number of rotatable bonds is 7. The third-order valence-electron chi connectivity index (χ3n) is 5.49. The fourth-order valence-corrected chi connectivity index (χ4v) is 4.01. The summed E-state index contributed by atoms with van der Waals surface area (Å²) in [7, 11) is 4.31. The molecular formula is C23H31N2O2+. The summed E-state index contributed by atoms with van der Waals surface area (Å²) in [6.07, 6.45) is 0.823. The van der Waals surface area contributed by atoms with Crippen LogP contribution in [0.3, 0.4) is 0 Å². The smallest absolute Gasteiger partial charge is 0.219 e. The molecular weight excluding hydrogens is 336 g/mol. The molecule has 1 aliphatic heterocycles. The van der Waals surface area contributed by atoms with E-state index in [0.717, 1.165) is 44.8 Å². The molecule has 0 aliphatic carbocycles. The minimum absolute atomic E-state index is 0.0561. The van der Waals surface area contributed by atoms with E-state index in [1.807, 2.05) is 18.2 Å². The number of carbonyl (C=O) groups is 1. The summed E-state index contributed by atoms with van der Waals surface area (Å²) in [4.78, 5) is 15.6. The molecule has 0 radical (unpaired) electrons. The molecule has 3 rings (SSSR count). The molecule has 27 heavy (non-hydrogen) atoms. The summed E-state index contributed by atoms with van der Waals surface area (Å²) in [6.45, 7) is 6.30. The van der Waals surface area contributed by atoms with Crippen molar-refractivity contribution in [1.82, 2.24) is 0 Å². The van der Waals surface area contributed by atoms with Gasteiger partial charge in [-0.05, 0) is 24.3 Å². The Bertz CT molecular complexity index is 735. The van der Waals surface area contributed by atoms with E-state index in [9.17, 15) is 4.79 Å². The fraction of sp³-hybridized carbons (Fsp3) is 0.435. The maximum atomic E-state index is 13.3. The first-order chi connectivity index (χ1) is 13.0. The number of nitrogens with zero attached hydrogens (tertiary/aromatic N) is 2. The average molecular weight is 368 g/mol. The second-order valence-corrected chi connectivity index (χ2v) is 7.86. The second-order valence-electron chi connectivity index (χ2n) is 7.86. The standard InChI is InChI=1S/C23H31N2O2/c1-4-22(25(2,3)18-19-8-6-5-7-9-19)23(26)20-10-12-21(13-11-20)24-14-16-27-17-15-24/h5-13,22H,4,14-18H2,1-3H3/q+1. The molecule has 1 saturated heterocycles. The zero-order chi connectivity index (χ0) is 19.3. The molecule has 4 heteroatoms. The Labute approximate surface area is 163 Å². The van der Waals surface area contributed by atoms with E-state index >= 15 is 0 Å². The van der Waals surface area contributed by atoms with Crippen molar-refractivity contribution in [3.63, 3.8) is 0 Å². The lowest BCUT2D eigenvalue weighted by Crippen LogP contribution is -2.52. The van der Waals surface area contributed by atoms with Gasteiger partial charge in [-0.3, -0.25) is 4.79 Å². The third-order valence-corrected chi connectivity index (χ3v) is 5.49. The minimum atomic E-state index is -0.0561. The lowest BCUT2D eigenvalue weighted by atomic mass is 9.98.